The van der Waals surface area contributed by atoms with E-state index < -0.39 is 0 Å². The second kappa shape index (κ2) is 9.29. The van der Waals surface area contributed by atoms with Gasteiger partial charge in [0.05, 0.1) is 5.69 Å². The van der Waals surface area contributed by atoms with Crippen molar-refractivity contribution in [1.29, 1.82) is 0 Å². The summed E-state index contributed by atoms with van der Waals surface area (Å²) in [6, 6.07) is 22.5. The molecule has 0 aliphatic carbocycles. The van der Waals surface area contributed by atoms with E-state index in [9.17, 15) is 0 Å². The zero-order valence-electron chi connectivity index (χ0n) is 17.0. The van der Waals surface area contributed by atoms with E-state index in [4.69, 9.17) is 10.7 Å². The number of nitrogens with zero attached hydrogens (tertiary/aromatic N) is 3. The number of hydrogen-bond donors (Lipinski definition) is 2. The zero-order chi connectivity index (χ0) is 20.8. The van der Waals surface area contributed by atoms with Crippen molar-refractivity contribution in [3.63, 3.8) is 0 Å². The first-order chi connectivity index (χ1) is 14.7. The van der Waals surface area contributed by atoms with Crippen LogP contribution in [0.4, 0.5) is 5.95 Å². The minimum Gasteiger partial charge on any atom is -0.353 e. The average molecular weight is 396 g/mol. The highest BCUT2D eigenvalue weighted by atomic mass is 15.1. The fraction of sp³-hybridized carbons (Fsp3) is 0.160. The first kappa shape index (κ1) is 19.7. The van der Waals surface area contributed by atoms with Gasteiger partial charge in [0.15, 0.2) is 0 Å². The van der Waals surface area contributed by atoms with E-state index in [1.165, 1.54) is 11.1 Å². The minimum atomic E-state index is -0.0307. The van der Waals surface area contributed by atoms with E-state index >= 15 is 0 Å². The van der Waals surface area contributed by atoms with Crippen LogP contribution in [0.15, 0.2) is 85.3 Å². The SMILES string of the molecule is Cc1cccc(-c2cnc(NCC(N)Cc3ccccc3)nc2-c2ccncc2)c1. The van der Waals surface area contributed by atoms with Gasteiger partial charge in [-0.1, -0.05) is 60.2 Å². The topological polar surface area (TPSA) is 76.7 Å². The van der Waals surface area contributed by atoms with Crippen molar-refractivity contribution in [1.82, 2.24) is 15.0 Å². The van der Waals surface area contributed by atoms with Gasteiger partial charge in [0.1, 0.15) is 0 Å². The lowest BCUT2D eigenvalue weighted by molar-refractivity contribution is 0.696. The Balaban J connectivity index is 1.58. The highest BCUT2D eigenvalue weighted by molar-refractivity contribution is 5.80. The molecule has 1 atom stereocenters. The first-order valence-electron chi connectivity index (χ1n) is 10.1. The number of rotatable bonds is 7. The van der Waals surface area contributed by atoms with E-state index in [0.717, 1.165) is 28.8 Å². The monoisotopic (exact) mass is 395 g/mol. The van der Waals surface area contributed by atoms with Crippen molar-refractivity contribution >= 4 is 5.95 Å². The van der Waals surface area contributed by atoms with Crippen molar-refractivity contribution in [2.75, 3.05) is 11.9 Å². The van der Waals surface area contributed by atoms with E-state index in [-0.39, 0.29) is 6.04 Å². The molecule has 4 rings (SSSR count). The Morgan fingerprint density at radius 1 is 0.933 bits per heavy atom. The molecule has 3 N–H and O–H groups in total. The van der Waals surface area contributed by atoms with Crippen LogP contribution in [0.1, 0.15) is 11.1 Å². The predicted octanol–water partition coefficient (Wildman–Crippen LogP) is 4.50. The maximum atomic E-state index is 6.31. The summed E-state index contributed by atoms with van der Waals surface area (Å²) in [5, 5.41) is 3.30. The summed E-state index contributed by atoms with van der Waals surface area (Å²) in [5.74, 6) is 0.571. The quantitative estimate of drug-likeness (QED) is 0.482. The molecule has 0 aliphatic rings. The molecule has 150 valence electrons. The normalized spacial score (nSPS) is 11.8. The largest absolute Gasteiger partial charge is 0.353 e. The summed E-state index contributed by atoms with van der Waals surface area (Å²) in [4.78, 5) is 13.5. The number of pyridine rings is 1. The predicted molar refractivity (Wildman–Crippen MR) is 122 cm³/mol. The Labute approximate surface area is 177 Å². The van der Waals surface area contributed by atoms with Gasteiger partial charge >= 0.3 is 0 Å². The molecule has 0 bridgehead atoms. The molecule has 0 aliphatic heterocycles. The Hall–Kier alpha value is -3.57. The molecular formula is C25H25N5. The molecule has 0 spiro atoms. The zero-order valence-corrected chi connectivity index (χ0v) is 17.0. The molecule has 4 aromatic rings. The lowest BCUT2D eigenvalue weighted by Crippen LogP contribution is -2.31. The maximum Gasteiger partial charge on any atom is 0.223 e. The molecule has 30 heavy (non-hydrogen) atoms. The third-order valence-electron chi connectivity index (χ3n) is 4.93. The van der Waals surface area contributed by atoms with Crippen LogP contribution < -0.4 is 11.1 Å². The third kappa shape index (κ3) is 4.88. The van der Waals surface area contributed by atoms with Crippen molar-refractivity contribution in [2.45, 2.75) is 19.4 Å². The highest BCUT2D eigenvalue weighted by Crippen LogP contribution is 2.30. The molecule has 2 heterocycles. The molecule has 2 aromatic carbocycles. The van der Waals surface area contributed by atoms with Gasteiger partial charge in [-0.2, -0.15) is 0 Å². The first-order valence-corrected chi connectivity index (χ1v) is 10.1. The van der Waals surface area contributed by atoms with Gasteiger partial charge in [-0.25, -0.2) is 9.97 Å². The summed E-state index contributed by atoms with van der Waals surface area (Å²) >= 11 is 0. The number of aryl methyl sites for hydroxylation is 1. The number of hydrogen-bond acceptors (Lipinski definition) is 5. The lowest BCUT2D eigenvalue weighted by atomic mass is 10.00. The van der Waals surface area contributed by atoms with Crippen molar-refractivity contribution < 1.29 is 0 Å². The van der Waals surface area contributed by atoms with Gasteiger partial charge in [0.2, 0.25) is 5.95 Å². The number of nitrogens with two attached hydrogens (primary N) is 1. The Morgan fingerprint density at radius 3 is 2.50 bits per heavy atom. The summed E-state index contributed by atoms with van der Waals surface area (Å²) in [6.45, 7) is 2.68. The second-order valence-electron chi connectivity index (χ2n) is 7.39. The molecule has 0 fully saturated rings. The standard InChI is InChI=1S/C25H25N5/c1-18-6-5-9-21(14-18)23-17-29-25(30-24(23)20-10-12-27-13-11-20)28-16-22(26)15-19-7-3-2-4-8-19/h2-14,17,22H,15-16,26H2,1H3,(H,28,29,30). The fourth-order valence-electron chi connectivity index (χ4n) is 3.43. The highest BCUT2D eigenvalue weighted by Gasteiger charge is 2.13. The third-order valence-corrected chi connectivity index (χ3v) is 4.93. The van der Waals surface area contributed by atoms with Gasteiger partial charge in [0.25, 0.3) is 0 Å². The molecule has 1 unspecified atom stereocenters. The Morgan fingerprint density at radius 2 is 1.73 bits per heavy atom. The molecule has 0 amide bonds. The summed E-state index contributed by atoms with van der Waals surface area (Å²) < 4.78 is 0. The van der Waals surface area contributed by atoms with Gasteiger partial charge in [-0.05, 0) is 36.6 Å². The van der Waals surface area contributed by atoms with Crippen molar-refractivity contribution in [3.05, 3.63) is 96.4 Å². The summed E-state index contributed by atoms with van der Waals surface area (Å²) in [5.41, 5.74) is 12.7. The van der Waals surface area contributed by atoms with Gasteiger partial charge in [0, 0.05) is 42.3 Å². The average Bonchev–Trinajstić information content (AvgIpc) is 2.79. The van der Waals surface area contributed by atoms with E-state index in [1.54, 1.807) is 12.4 Å². The second-order valence-corrected chi connectivity index (χ2v) is 7.39. The van der Waals surface area contributed by atoms with Crippen LogP contribution in [-0.2, 0) is 6.42 Å². The van der Waals surface area contributed by atoms with Gasteiger partial charge < -0.3 is 11.1 Å². The molecule has 0 saturated heterocycles. The molecule has 5 nitrogen and oxygen atoms in total. The van der Waals surface area contributed by atoms with Gasteiger partial charge in [-0.3, -0.25) is 4.98 Å². The smallest absolute Gasteiger partial charge is 0.223 e. The van der Waals surface area contributed by atoms with Crippen molar-refractivity contribution in [3.8, 4) is 22.4 Å². The van der Waals surface area contributed by atoms with Crippen LogP contribution in [-0.4, -0.2) is 27.5 Å². The summed E-state index contributed by atoms with van der Waals surface area (Å²) in [7, 11) is 0. The van der Waals surface area contributed by atoms with Crippen molar-refractivity contribution in [2.24, 2.45) is 5.73 Å². The molecule has 2 aromatic heterocycles. The Bertz CT molecular complexity index is 1100. The van der Waals surface area contributed by atoms with Crippen LogP contribution >= 0.6 is 0 Å². The van der Waals surface area contributed by atoms with Gasteiger partial charge in [-0.15, -0.1) is 0 Å². The number of benzene rings is 2. The lowest BCUT2D eigenvalue weighted by Gasteiger charge is -2.15. The molecule has 0 radical (unpaired) electrons. The van der Waals surface area contributed by atoms with Crippen LogP contribution in [0.3, 0.4) is 0 Å². The Kier molecular flexibility index (Phi) is 6.11. The van der Waals surface area contributed by atoms with E-state index in [0.29, 0.717) is 12.5 Å². The van der Waals surface area contributed by atoms with Crippen LogP contribution in [0.5, 0.6) is 0 Å². The van der Waals surface area contributed by atoms with E-state index in [1.807, 2.05) is 36.5 Å². The number of anilines is 1. The fourth-order valence-corrected chi connectivity index (χ4v) is 3.43. The number of aromatic nitrogens is 3. The van der Waals surface area contributed by atoms with Crippen LogP contribution in [0, 0.1) is 6.92 Å². The van der Waals surface area contributed by atoms with E-state index in [2.05, 4.69) is 58.6 Å². The molecule has 5 heteroatoms. The maximum absolute atomic E-state index is 6.31. The molecule has 0 saturated carbocycles. The van der Waals surface area contributed by atoms with Crippen LogP contribution in [0.2, 0.25) is 0 Å². The minimum absolute atomic E-state index is 0.0307. The molecular weight excluding hydrogens is 370 g/mol. The van der Waals surface area contributed by atoms with Crippen LogP contribution in [0.25, 0.3) is 22.4 Å². The number of nitrogens with one attached hydrogen (secondary N) is 1. The summed E-state index contributed by atoms with van der Waals surface area (Å²) in [6.07, 6.45) is 6.23.